The Kier molecular flexibility index (Phi) is 11.0. The normalized spacial score (nSPS) is 16.7. The molecule has 1 heterocycles. The van der Waals surface area contributed by atoms with Crippen molar-refractivity contribution in [3.63, 3.8) is 0 Å². The molecule has 1 aromatic rings. The average Bonchev–Trinajstić information content (AvgIpc) is 2.81. The van der Waals surface area contributed by atoms with Crippen LogP contribution in [0.25, 0.3) is 5.70 Å². The fraction of sp³-hybridized carbons (Fsp3) is 0.519. The van der Waals surface area contributed by atoms with Crippen molar-refractivity contribution in [2.24, 2.45) is 17.5 Å². The lowest BCUT2D eigenvalue weighted by atomic mass is 9.84. The maximum Gasteiger partial charge on any atom is 0.146 e. The molecule has 0 bridgehead atoms. The number of aromatic nitrogens is 1. The highest BCUT2D eigenvalue weighted by atomic mass is 16.5. The molecule has 0 saturated heterocycles. The predicted octanol–water partition coefficient (Wildman–Crippen LogP) is 5.28. The van der Waals surface area contributed by atoms with Crippen molar-refractivity contribution in [1.82, 2.24) is 15.3 Å². The number of allylic oxidation sites excluding steroid dienone is 5. The molecule has 1 fully saturated rings. The molecule has 0 aromatic carbocycles. The van der Waals surface area contributed by atoms with Crippen molar-refractivity contribution in [2.45, 2.75) is 72.6 Å². The van der Waals surface area contributed by atoms with Crippen LogP contribution >= 0.6 is 0 Å². The van der Waals surface area contributed by atoms with Gasteiger partial charge in [0.2, 0.25) is 0 Å². The van der Waals surface area contributed by atoms with Crippen LogP contribution in [0.1, 0.15) is 76.2 Å². The number of pyridine rings is 1. The van der Waals surface area contributed by atoms with E-state index in [1.165, 1.54) is 42.7 Å². The van der Waals surface area contributed by atoms with Crippen molar-refractivity contribution in [2.75, 3.05) is 13.7 Å². The summed E-state index contributed by atoms with van der Waals surface area (Å²) in [5, 5.41) is 4.83. The molecular formula is C27H43N5O. The van der Waals surface area contributed by atoms with Crippen LogP contribution in [-0.4, -0.2) is 23.6 Å². The molecule has 1 aromatic heterocycles. The molecule has 0 atom stereocenters. The molecule has 0 unspecified atom stereocenters. The number of ether oxygens (including phenoxy) is 1. The van der Waals surface area contributed by atoms with Crippen molar-refractivity contribution >= 4 is 5.70 Å². The quantitative estimate of drug-likeness (QED) is 0.183. The van der Waals surface area contributed by atoms with Gasteiger partial charge in [0, 0.05) is 18.4 Å². The minimum Gasteiger partial charge on any atom is -0.498 e. The lowest BCUT2D eigenvalue weighted by molar-refractivity contribution is 0.214. The largest absolute Gasteiger partial charge is 0.498 e. The highest BCUT2D eigenvalue weighted by molar-refractivity contribution is 5.63. The van der Waals surface area contributed by atoms with Gasteiger partial charge in [0.1, 0.15) is 11.5 Å². The number of nitrogens with two attached hydrogens (primary N) is 2. The van der Waals surface area contributed by atoms with Gasteiger partial charge in [-0.2, -0.15) is 0 Å². The van der Waals surface area contributed by atoms with E-state index in [9.17, 15) is 0 Å². The molecule has 0 spiro atoms. The van der Waals surface area contributed by atoms with Crippen LogP contribution < -0.4 is 16.9 Å². The van der Waals surface area contributed by atoms with Gasteiger partial charge < -0.3 is 15.8 Å². The van der Waals surface area contributed by atoms with Gasteiger partial charge in [-0.3, -0.25) is 9.99 Å². The number of nitrogens with one attached hydrogen (secondary N) is 1. The standard InChI is InChI=1S/C27H43N5O/c1-6-18-33-20(3)12-11-15-24(7-2)31-27(32(5)29)26(28)25-17-16-23(21(4)30-25)19-22-13-9-8-10-14-22/h7,11-12,15-17,22,31H,6,8-10,13-14,18-19,28-29H2,1-5H3/b15-11-,20-12+,24-7+,27-26-. The van der Waals surface area contributed by atoms with E-state index in [1.54, 1.807) is 7.05 Å². The molecule has 1 aliphatic carbocycles. The van der Waals surface area contributed by atoms with Crippen LogP contribution in [-0.2, 0) is 11.2 Å². The predicted molar refractivity (Wildman–Crippen MR) is 138 cm³/mol. The van der Waals surface area contributed by atoms with Crippen molar-refractivity contribution in [1.29, 1.82) is 0 Å². The van der Waals surface area contributed by atoms with E-state index in [0.717, 1.165) is 48.2 Å². The molecular weight excluding hydrogens is 410 g/mol. The van der Waals surface area contributed by atoms with Gasteiger partial charge in [-0.05, 0) is 63.3 Å². The van der Waals surface area contributed by atoms with Crippen molar-refractivity contribution < 1.29 is 4.74 Å². The lowest BCUT2D eigenvalue weighted by Crippen LogP contribution is -2.35. The molecule has 1 saturated carbocycles. The van der Waals surface area contributed by atoms with Gasteiger partial charge in [-0.25, -0.2) is 5.84 Å². The van der Waals surface area contributed by atoms with Gasteiger partial charge in [0.05, 0.1) is 18.1 Å². The Morgan fingerprint density at radius 2 is 2.00 bits per heavy atom. The van der Waals surface area contributed by atoms with E-state index in [1.807, 2.05) is 44.2 Å². The fourth-order valence-electron chi connectivity index (χ4n) is 4.07. The first-order chi connectivity index (χ1) is 15.8. The number of hydrazine groups is 1. The molecule has 6 nitrogen and oxygen atoms in total. The zero-order valence-electron chi connectivity index (χ0n) is 21.2. The van der Waals surface area contributed by atoms with Crippen molar-refractivity contribution in [3.8, 4) is 0 Å². The van der Waals surface area contributed by atoms with Crippen LogP contribution in [0.4, 0.5) is 0 Å². The zero-order chi connectivity index (χ0) is 24.2. The monoisotopic (exact) mass is 453 g/mol. The third-order valence-corrected chi connectivity index (χ3v) is 6.03. The summed E-state index contributed by atoms with van der Waals surface area (Å²) in [4.78, 5) is 4.82. The highest BCUT2D eigenvalue weighted by Crippen LogP contribution is 2.28. The van der Waals surface area contributed by atoms with E-state index >= 15 is 0 Å². The Balaban J connectivity index is 2.17. The SMILES string of the molecule is C\C=C(/C=C\C=C(/C)OCCC)N/C(=C(/N)c1ccc(CC2CCCCC2)c(C)n1)N(C)N. The summed E-state index contributed by atoms with van der Waals surface area (Å²) in [5.74, 6) is 8.38. The van der Waals surface area contributed by atoms with E-state index in [0.29, 0.717) is 11.5 Å². The molecule has 6 heteroatoms. The smallest absolute Gasteiger partial charge is 0.146 e. The van der Waals surface area contributed by atoms with Crippen LogP contribution in [0.5, 0.6) is 0 Å². The summed E-state index contributed by atoms with van der Waals surface area (Å²) in [6.07, 6.45) is 16.6. The number of nitrogens with zero attached hydrogens (tertiary/aromatic N) is 2. The first-order valence-corrected chi connectivity index (χ1v) is 12.2. The number of hydrogen-bond acceptors (Lipinski definition) is 6. The third kappa shape index (κ3) is 8.61. The summed E-state index contributed by atoms with van der Waals surface area (Å²) in [7, 11) is 1.76. The molecule has 182 valence electrons. The second-order valence-electron chi connectivity index (χ2n) is 8.88. The second kappa shape index (κ2) is 13.7. The van der Waals surface area contributed by atoms with Gasteiger partial charge in [0.25, 0.3) is 0 Å². The lowest BCUT2D eigenvalue weighted by Gasteiger charge is -2.23. The minimum atomic E-state index is 0.512. The van der Waals surface area contributed by atoms with E-state index in [2.05, 4.69) is 25.2 Å². The summed E-state index contributed by atoms with van der Waals surface area (Å²) < 4.78 is 5.59. The van der Waals surface area contributed by atoms with E-state index < -0.39 is 0 Å². The summed E-state index contributed by atoms with van der Waals surface area (Å²) in [6.45, 7) is 8.80. The van der Waals surface area contributed by atoms with Gasteiger partial charge >= 0.3 is 0 Å². The molecule has 33 heavy (non-hydrogen) atoms. The molecule has 5 N–H and O–H groups in total. The first kappa shape index (κ1) is 26.5. The number of hydrogen-bond donors (Lipinski definition) is 3. The molecule has 0 amide bonds. The van der Waals surface area contributed by atoms with Gasteiger partial charge in [0.15, 0.2) is 0 Å². The van der Waals surface area contributed by atoms with Gasteiger partial charge in [-0.1, -0.05) is 57.2 Å². The van der Waals surface area contributed by atoms with Crippen LogP contribution in [0.15, 0.2) is 53.7 Å². The maximum atomic E-state index is 6.53. The summed E-state index contributed by atoms with van der Waals surface area (Å²) in [5.41, 5.74) is 11.0. The Labute approximate surface area is 200 Å². The van der Waals surface area contributed by atoms with Crippen LogP contribution in [0.2, 0.25) is 0 Å². The highest BCUT2D eigenvalue weighted by Gasteiger charge is 2.17. The fourth-order valence-corrected chi connectivity index (χ4v) is 4.07. The Bertz CT molecular complexity index is 876. The second-order valence-corrected chi connectivity index (χ2v) is 8.88. The molecule has 0 aliphatic heterocycles. The molecule has 1 aliphatic rings. The first-order valence-electron chi connectivity index (χ1n) is 12.2. The summed E-state index contributed by atoms with van der Waals surface area (Å²) in [6, 6.07) is 4.18. The van der Waals surface area contributed by atoms with Crippen LogP contribution in [0.3, 0.4) is 0 Å². The molecule has 0 radical (unpaired) electrons. The number of aryl methyl sites for hydroxylation is 1. The van der Waals surface area contributed by atoms with Crippen molar-refractivity contribution in [3.05, 3.63) is 70.7 Å². The van der Waals surface area contributed by atoms with Crippen LogP contribution in [0, 0.1) is 12.8 Å². The number of rotatable bonds is 11. The maximum absolute atomic E-state index is 6.53. The van der Waals surface area contributed by atoms with Gasteiger partial charge in [-0.15, -0.1) is 0 Å². The third-order valence-electron chi connectivity index (χ3n) is 6.03. The van der Waals surface area contributed by atoms with E-state index in [-0.39, 0.29) is 0 Å². The average molecular weight is 454 g/mol. The zero-order valence-corrected chi connectivity index (χ0v) is 21.2. The molecule has 2 rings (SSSR count). The topological polar surface area (TPSA) is 89.4 Å². The summed E-state index contributed by atoms with van der Waals surface area (Å²) >= 11 is 0. The Morgan fingerprint density at radius 1 is 1.27 bits per heavy atom. The Morgan fingerprint density at radius 3 is 2.61 bits per heavy atom. The Hall–Kier alpha value is -2.73. The minimum absolute atomic E-state index is 0.512. The van der Waals surface area contributed by atoms with E-state index in [4.69, 9.17) is 21.3 Å².